The number of anilines is 2. The molecule has 0 aliphatic rings. The lowest BCUT2D eigenvalue weighted by Gasteiger charge is -2.08. The highest BCUT2D eigenvalue weighted by Gasteiger charge is 2.12. The zero-order chi connectivity index (χ0) is 13.3. The fourth-order valence-electron chi connectivity index (χ4n) is 1.79. The van der Waals surface area contributed by atoms with Gasteiger partial charge in [0.1, 0.15) is 17.5 Å². The maximum atomic E-state index is 9.14. The van der Waals surface area contributed by atoms with E-state index in [1.165, 1.54) is 0 Å². The number of aromatic nitrogens is 2. The maximum absolute atomic E-state index is 9.14. The van der Waals surface area contributed by atoms with E-state index in [-0.39, 0.29) is 0 Å². The van der Waals surface area contributed by atoms with E-state index in [2.05, 4.69) is 32.4 Å². The van der Waals surface area contributed by atoms with Crippen molar-refractivity contribution in [2.45, 2.75) is 13.8 Å². The minimum absolute atomic E-state index is 0.582. The Morgan fingerprint density at radius 2 is 2.11 bits per heavy atom. The van der Waals surface area contributed by atoms with Gasteiger partial charge in [-0.05, 0) is 37.6 Å². The predicted molar refractivity (Wildman–Crippen MR) is 74.8 cm³/mol. The molecule has 0 atom stereocenters. The Bertz CT molecular complexity index is 637. The molecule has 0 spiro atoms. The molecule has 2 rings (SSSR count). The first kappa shape index (κ1) is 12.7. The van der Waals surface area contributed by atoms with Crippen molar-refractivity contribution < 1.29 is 0 Å². The van der Waals surface area contributed by atoms with Crippen LogP contribution in [-0.4, -0.2) is 9.78 Å². The Balaban J connectivity index is 2.40. The third kappa shape index (κ3) is 2.24. The summed E-state index contributed by atoms with van der Waals surface area (Å²) in [4.78, 5) is 0. The Morgan fingerprint density at radius 1 is 1.39 bits per heavy atom. The van der Waals surface area contributed by atoms with E-state index in [1.54, 1.807) is 4.68 Å². The molecule has 2 aromatic rings. The van der Waals surface area contributed by atoms with Crippen LogP contribution >= 0.6 is 15.9 Å². The predicted octanol–water partition coefficient (Wildman–Crippen LogP) is 3.41. The average molecular weight is 305 g/mol. The number of nitriles is 1. The standard InChI is InChI=1S/C13H13BrN4/c1-8-6-10(4-5-12(8)14)16-13-11(7-15)9(2)17-18(13)3/h4-6,16H,1-3H3. The molecule has 1 aromatic heterocycles. The van der Waals surface area contributed by atoms with E-state index in [0.717, 1.165) is 27.2 Å². The van der Waals surface area contributed by atoms with E-state index in [1.807, 2.05) is 39.1 Å². The first-order valence-corrected chi connectivity index (χ1v) is 6.29. The van der Waals surface area contributed by atoms with Crippen LogP contribution in [0.1, 0.15) is 16.8 Å². The van der Waals surface area contributed by atoms with Gasteiger partial charge in [0.2, 0.25) is 0 Å². The average Bonchev–Trinajstić information content (AvgIpc) is 2.58. The summed E-state index contributed by atoms with van der Waals surface area (Å²) < 4.78 is 2.75. The van der Waals surface area contributed by atoms with Crippen molar-refractivity contribution in [3.63, 3.8) is 0 Å². The second kappa shape index (κ2) is 4.83. The minimum Gasteiger partial charge on any atom is -0.339 e. The van der Waals surface area contributed by atoms with Gasteiger partial charge in [-0.15, -0.1) is 0 Å². The third-order valence-electron chi connectivity index (χ3n) is 2.75. The summed E-state index contributed by atoms with van der Waals surface area (Å²) in [6.45, 7) is 3.85. The van der Waals surface area contributed by atoms with E-state index in [9.17, 15) is 0 Å². The molecule has 0 unspecified atom stereocenters. The van der Waals surface area contributed by atoms with Gasteiger partial charge in [-0.2, -0.15) is 10.4 Å². The molecule has 0 aliphatic carbocycles. The van der Waals surface area contributed by atoms with Crippen LogP contribution in [0.4, 0.5) is 11.5 Å². The van der Waals surface area contributed by atoms with E-state index in [4.69, 9.17) is 5.26 Å². The second-order valence-corrected chi connectivity index (χ2v) is 4.99. The van der Waals surface area contributed by atoms with Crippen LogP contribution in [-0.2, 0) is 7.05 Å². The second-order valence-electron chi connectivity index (χ2n) is 4.13. The molecule has 1 N–H and O–H groups in total. The van der Waals surface area contributed by atoms with Gasteiger partial charge in [-0.1, -0.05) is 15.9 Å². The van der Waals surface area contributed by atoms with Crippen molar-refractivity contribution in [2.24, 2.45) is 7.05 Å². The summed E-state index contributed by atoms with van der Waals surface area (Å²) in [5.74, 6) is 0.719. The lowest BCUT2D eigenvalue weighted by molar-refractivity contribution is 0.765. The summed E-state index contributed by atoms with van der Waals surface area (Å²) in [7, 11) is 1.82. The molecule has 92 valence electrons. The van der Waals surface area contributed by atoms with Gasteiger partial charge in [-0.3, -0.25) is 4.68 Å². The van der Waals surface area contributed by atoms with Gasteiger partial charge in [0, 0.05) is 17.2 Å². The van der Waals surface area contributed by atoms with E-state index in [0.29, 0.717) is 5.56 Å². The van der Waals surface area contributed by atoms with Crippen LogP contribution < -0.4 is 5.32 Å². The quantitative estimate of drug-likeness (QED) is 0.925. The highest BCUT2D eigenvalue weighted by atomic mass is 79.9. The molecular weight excluding hydrogens is 292 g/mol. The van der Waals surface area contributed by atoms with Crippen LogP contribution in [0.2, 0.25) is 0 Å². The van der Waals surface area contributed by atoms with Gasteiger partial charge in [0.15, 0.2) is 0 Å². The number of benzene rings is 1. The van der Waals surface area contributed by atoms with Crippen molar-refractivity contribution in [1.82, 2.24) is 9.78 Å². The number of nitrogens with one attached hydrogen (secondary N) is 1. The number of hydrogen-bond donors (Lipinski definition) is 1. The number of nitrogens with zero attached hydrogens (tertiary/aromatic N) is 3. The molecule has 0 saturated heterocycles. The van der Waals surface area contributed by atoms with Gasteiger partial charge >= 0.3 is 0 Å². The van der Waals surface area contributed by atoms with Crippen molar-refractivity contribution in [3.8, 4) is 6.07 Å². The largest absolute Gasteiger partial charge is 0.339 e. The first-order valence-electron chi connectivity index (χ1n) is 5.50. The minimum atomic E-state index is 0.582. The number of hydrogen-bond acceptors (Lipinski definition) is 3. The monoisotopic (exact) mass is 304 g/mol. The Hall–Kier alpha value is -1.80. The SMILES string of the molecule is Cc1cc(Nc2c(C#N)c(C)nn2C)ccc1Br. The smallest absolute Gasteiger partial charge is 0.146 e. The van der Waals surface area contributed by atoms with Crippen molar-refractivity contribution in [1.29, 1.82) is 5.26 Å². The summed E-state index contributed by atoms with van der Waals surface area (Å²) in [5.41, 5.74) is 3.39. The molecule has 0 aliphatic heterocycles. The van der Waals surface area contributed by atoms with Crippen LogP contribution in [0, 0.1) is 25.2 Å². The molecule has 1 heterocycles. The third-order valence-corrected chi connectivity index (χ3v) is 3.64. The van der Waals surface area contributed by atoms with Gasteiger partial charge in [-0.25, -0.2) is 0 Å². The van der Waals surface area contributed by atoms with Crippen molar-refractivity contribution in [3.05, 3.63) is 39.5 Å². The highest BCUT2D eigenvalue weighted by Crippen LogP contribution is 2.25. The molecule has 0 bridgehead atoms. The molecule has 5 heteroatoms. The van der Waals surface area contributed by atoms with E-state index < -0.39 is 0 Å². The van der Waals surface area contributed by atoms with Crippen LogP contribution in [0.25, 0.3) is 0 Å². The van der Waals surface area contributed by atoms with Crippen molar-refractivity contribution in [2.75, 3.05) is 5.32 Å². The molecule has 18 heavy (non-hydrogen) atoms. The fraction of sp³-hybridized carbons (Fsp3) is 0.231. The zero-order valence-electron chi connectivity index (χ0n) is 10.5. The lowest BCUT2D eigenvalue weighted by atomic mass is 10.2. The fourth-order valence-corrected chi connectivity index (χ4v) is 2.04. The summed E-state index contributed by atoms with van der Waals surface area (Å²) >= 11 is 3.46. The lowest BCUT2D eigenvalue weighted by Crippen LogP contribution is -2.00. The summed E-state index contributed by atoms with van der Waals surface area (Å²) in [6, 6.07) is 8.14. The number of rotatable bonds is 2. The Labute approximate surface area is 114 Å². The normalized spacial score (nSPS) is 10.2. The molecule has 0 amide bonds. The number of aryl methyl sites for hydroxylation is 3. The summed E-state index contributed by atoms with van der Waals surface area (Å²) in [5, 5.41) is 16.6. The van der Waals surface area contributed by atoms with E-state index >= 15 is 0 Å². The molecule has 0 saturated carbocycles. The molecule has 1 aromatic carbocycles. The van der Waals surface area contributed by atoms with Crippen molar-refractivity contribution >= 4 is 27.4 Å². The van der Waals surface area contributed by atoms with Crippen LogP contribution in [0.3, 0.4) is 0 Å². The molecule has 4 nitrogen and oxygen atoms in total. The topological polar surface area (TPSA) is 53.6 Å². The first-order chi connectivity index (χ1) is 8.52. The van der Waals surface area contributed by atoms with Crippen LogP contribution in [0.5, 0.6) is 0 Å². The highest BCUT2D eigenvalue weighted by molar-refractivity contribution is 9.10. The van der Waals surface area contributed by atoms with Gasteiger partial charge < -0.3 is 5.32 Å². The Morgan fingerprint density at radius 3 is 2.72 bits per heavy atom. The van der Waals surface area contributed by atoms with Crippen LogP contribution in [0.15, 0.2) is 22.7 Å². The maximum Gasteiger partial charge on any atom is 0.146 e. The summed E-state index contributed by atoms with van der Waals surface area (Å²) in [6.07, 6.45) is 0. The van der Waals surface area contributed by atoms with Gasteiger partial charge in [0.25, 0.3) is 0 Å². The molecule has 0 fully saturated rings. The van der Waals surface area contributed by atoms with Gasteiger partial charge in [0.05, 0.1) is 5.69 Å². The number of halogens is 1. The zero-order valence-corrected chi connectivity index (χ0v) is 12.0. The molecular formula is C13H13BrN4. The Kier molecular flexibility index (Phi) is 3.39. The molecule has 0 radical (unpaired) electrons.